The van der Waals surface area contributed by atoms with Crippen molar-refractivity contribution in [1.29, 1.82) is 0 Å². The molecule has 164 valence electrons. The van der Waals surface area contributed by atoms with E-state index in [0.717, 1.165) is 24.7 Å². The summed E-state index contributed by atoms with van der Waals surface area (Å²) in [6.45, 7) is 1.68. The van der Waals surface area contributed by atoms with Gasteiger partial charge in [-0.15, -0.1) is 10.2 Å². The number of nitrogens with one attached hydrogen (secondary N) is 1. The van der Waals surface area contributed by atoms with Gasteiger partial charge in [0.25, 0.3) is 5.82 Å². The molecule has 0 spiro atoms. The fraction of sp³-hybridized carbons (Fsp3) is 0.125. The quantitative estimate of drug-likeness (QED) is 0.335. The minimum Gasteiger partial charge on any atom is -0.369 e. The highest BCUT2D eigenvalue weighted by Crippen LogP contribution is 2.32. The number of hydrogen-bond acceptors (Lipinski definition) is 5. The van der Waals surface area contributed by atoms with Crippen LogP contribution in [0, 0.1) is 10.2 Å². The molecule has 1 unspecified atom stereocenters. The topological polar surface area (TPSA) is 124 Å². The van der Waals surface area contributed by atoms with Crippen LogP contribution < -0.4 is 23.2 Å². The van der Waals surface area contributed by atoms with E-state index >= 15 is 0 Å². The Morgan fingerprint density at radius 2 is 1.19 bits per heavy atom. The van der Waals surface area contributed by atoms with E-state index in [1.807, 2.05) is 0 Å². The first-order chi connectivity index (χ1) is 15.4. The van der Waals surface area contributed by atoms with Crippen molar-refractivity contribution in [3.63, 3.8) is 0 Å². The van der Waals surface area contributed by atoms with Crippen molar-refractivity contribution < 1.29 is 38.2 Å². The van der Waals surface area contributed by atoms with Gasteiger partial charge in [-0.2, -0.15) is 0 Å². The molecule has 7 nitrogen and oxygen atoms in total. The van der Waals surface area contributed by atoms with E-state index < -0.39 is 10.2 Å². The highest BCUT2D eigenvalue weighted by atomic mass is 35.7. The smallest absolute Gasteiger partial charge is 0.287 e. The Kier molecular flexibility index (Phi) is 6.66. The average Bonchev–Trinajstić information content (AvgIpc) is 3.53. The van der Waals surface area contributed by atoms with Crippen molar-refractivity contribution in [1.82, 2.24) is 4.98 Å². The summed E-state index contributed by atoms with van der Waals surface area (Å²) in [5.74, 6) is 1.11. The lowest BCUT2D eigenvalue weighted by atomic mass is 10.0. The third kappa shape index (κ3) is 5.80. The first-order valence-corrected chi connectivity index (χ1v) is 11.2. The fourth-order valence-electron chi connectivity index (χ4n) is 3.59. The summed E-state index contributed by atoms with van der Waals surface area (Å²) in [6.07, 6.45) is 0.291. The number of aromatic nitrogens is 2. The number of halogens is 1. The summed E-state index contributed by atoms with van der Waals surface area (Å²) >= 11 is 0. The molecule has 0 amide bonds. The zero-order chi connectivity index (χ0) is 22.6. The third-order valence-corrected chi connectivity index (χ3v) is 4.97. The zero-order valence-corrected chi connectivity index (χ0v) is 17.8. The van der Waals surface area contributed by atoms with E-state index in [-0.39, 0.29) is 0 Å². The van der Waals surface area contributed by atoms with Gasteiger partial charge in [0.05, 0.1) is 12.2 Å². The summed E-state index contributed by atoms with van der Waals surface area (Å²) in [6, 6.07) is 31.7. The SMILES string of the molecule is [O-][Cl+3]([O-])([O-])[O-].c1ccc(-c2[nH]c(-c3ccccc3)[n+](CC3CO3)c2-c2ccccc2)cc1. The number of aromatic amines is 1. The Balaban J connectivity index is 0.000000444. The van der Waals surface area contributed by atoms with Gasteiger partial charge in [-0.25, -0.2) is 28.2 Å². The van der Waals surface area contributed by atoms with Crippen LogP contribution in [0.25, 0.3) is 33.9 Å². The molecule has 32 heavy (non-hydrogen) atoms. The Labute approximate surface area is 187 Å². The lowest BCUT2D eigenvalue weighted by molar-refractivity contribution is -2.00. The molecule has 8 heteroatoms. The Morgan fingerprint density at radius 3 is 1.66 bits per heavy atom. The molecule has 1 aliphatic rings. The molecule has 5 rings (SSSR count). The van der Waals surface area contributed by atoms with E-state index in [2.05, 4.69) is 101 Å². The predicted molar refractivity (Wildman–Crippen MR) is 107 cm³/mol. The van der Waals surface area contributed by atoms with E-state index in [1.54, 1.807) is 0 Å². The second-order valence-corrected chi connectivity index (χ2v) is 8.00. The van der Waals surface area contributed by atoms with Crippen LogP contribution in [-0.2, 0) is 11.3 Å². The maximum Gasteiger partial charge on any atom is 0.287 e. The zero-order valence-electron chi connectivity index (χ0n) is 17.0. The summed E-state index contributed by atoms with van der Waals surface area (Å²) in [7, 11) is -4.94. The highest BCUT2D eigenvalue weighted by molar-refractivity contribution is 5.78. The molecule has 1 atom stereocenters. The number of nitrogens with zero attached hydrogens (tertiary/aromatic N) is 1. The third-order valence-electron chi connectivity index (χ3n) is 4.97. The lowest BCUT2D eigenvalue weighted by Gasteiger charge is -2.17. The minimum atomic E-state index is -4.94. The fourth-order valence-corrected chi connectivity index (χ4v) is 3.59. The summed E-state index contributed by atoms with van der Waals surface area (Å²) in [5, 5.41) is 0. The number of benzene rings is 3. The van der Waals surface area contributed by atoms with Crippen molar-refractivity contribution in [3.05, 3.63) is 91.0 Å². The highest BCUT2D eigenvalue weighted by Gasteiger charge is 2.33. The molecule has 3 aromatic carbocycles. The lowest BCUT2D eigenvalue weighted by Crippen LogP contribution is -2.68. The van der Waals surface area contributed by atoms with Crippen molar-refractivity contribution in [2.75, 3.05) is 6.61 Å². The maximum absolute atomic E-state index is 8.49. The molecule has 0 radical (unpaired) electrons. The van der Waals surface area contributed by atoms with Crippen LogP contribution in [-0.4, -0.2) is 17.7 Å². The van der Waals surface area contributed by atoms with Crippen LogP contribution in [0.1, 0.15) is 0 Å². The normalized spacial score (nSPS) is 15.1. The number of rotatable bonds is 5. The predicted octanol–water partition coefficient (Wildman–Crippen LogP) is -0.0540. The molecule has 1 fully saturated rings. The molecule has 0 aliphatic carbocycles. The first kappa shape index (κ1) is 22.2. The van der Waals surface area contributed by atoms with Crippen LogP contribution in [0.3, 0.4) is 0 Å². The van der Waals surface area contributed by atoms with Gasteiger partial charge in [0.2, 0.25) is 0 Å². The van der Waals surface area contributed by atoms with Gasteiger partial charge in [0, 0.05) is 11.1 Å². The van der Waals surface area contributed by atoms with Crippen LogP contribution >= 0.6 is 0 Å². The number of ether oxygens (including phenoxy) is 1. The Morgan fingerprint density at radius 1 is 0.750 bits per heavy atom. The standard InChI is InChI=1S/C24H20N2O.ClHO4/c1-4-10-18(11-5-1)22-23(19-12-6-2-7-13-19)26(16-21-17-27-21)24(25-22)20-14-8-3-9-15-20;2-1(3,4)5/h1-15,21H,16-17H2;(H,2,3,4,5). The number of hydrogen-bond donors (Lipinski definition) is 1. The molecule has 0 bridgehead atoms. The Hall–Kier alpha value is -3.04. The average molecular weight is 453 g/mol. The molecule has 1 aliphatic heterocycles. The molecule has 1 aromatic heterocycles. The van der Waals surface area contributed by atoms with Crippen LogP contribution in [0.5, 0.6) is 0 Å². The molecular weight excluding hydrogens is 432 g/mol. The van der Waals surface area contributed by atoms with Crippen molar-refractivity contribution in [3.8, 4) is 33.9 Å². The number of epoxide rings is 1. The van der Waals surface area contributed by atoms with Gasteiger partial charge >= 0.3 is 0 Å². The van der Waals surface area contributed by atoms with Crippen LogP contribution in [0.4, 0.5) is 0 Å². The van der Waals surface area contributed by atoms with Gasteiger partial charge in [-0.3, -0.25) is 0 Å². The summed E-state index contributed by atoms with van der Waals surface area (Å²) < 4.78 is 41.9. The minimum absolute atomic E-state index is 0.291. The van der Waals surface area contributed by atoms with Gasteiger partial charge in [-0.1, -0.05) is 78.9 Å². The molecule has 2 heterocycles. The van der Waals surface area contributed by atoms with E-state index in [0.29, 0.717) is 6.10 Å². The van der Waals surface area contributed by atoms with Gasteiger partial charge < -0.3 is 4.74 Å². The summed E-state index contributed by atoms with van der Waals surface area (Å²) in [5.41, 5.74) is 5.91. The second-order valence-electron chi connectivity index (χ2n) is 7.24. The largest absolute Gasteiger partial charge is 0.369 e. The Bertz CT molecular complexity index is 1140. The van der Waals surface area contributed by atoms with Gasteiger partial charge in [0.15, 0.2) is 11.4 Å². The first-order valence-electron chi connectivity index (χ1n) is 9.95. The molecule has 1 saturated heterocycles. The van der Waals surface area contributed by atoms with Crippen LogP contribution in [0.2, 0.25) is 0 Å². The van der Waals surface area contributed by atoms with Crippen molar-refractivity contribution in [2.45, 2.75) is 12.6 Å². The molecular formula is C24H21ClN2O5. The monoisotopic (exact) mass is 452 g/mol. The maximum atomic E-state index is 8.49. The van der Waals surface area contributed by atoms with E-state index in [4.69, 9.17) is 23.4 Å². The van der Waals surface area contributed by atoms with E-state index in [9.17, 15) is 0 Å². The van der Waals surface area contributed by atoms with Crippen molar-refractivity contribution >= 4 is 0 Å². The van der Waals surface area contributed by atoms with Crippen molar-refractivity contribution in [2.24, 2.45) is 0 Å². The van der Waals surface area contributed by atoms with E-state index in [1.165, 1.54) is 22.4 Å². The second kappa shape index (κ2) is 9.62. The molecule has 0 saturated carbocycles. The van der Waals surface area contributed by atoms with Gasteiger partial charge in [-0.05, 0) is 12.1 Å². The number of H-pyrrole nitrogens is 1. The number of imidazole rings is 1. The summed E-state index contributed by atoms with van der Waals surface area (Å²) in [4.78, 5) is 3.72. The van der Waals surface area contributed by atoms with Crippen LogP contribution in [0.15, 0.2) is 91.0 Å². The molecule has 1 N–H and O–H groups in total. The van der Waals surface area contributed by atoms with Gasteiger partial charge in [0.1, 0.15) is 12.6 Å². The molecule has 4 aromatic rings.